The van der Waals surface area contributed by atoms with Crippen LogP contribution in [-0.4, -0.2) is 11.9 Å². The van der Waals surface area contributed by atoms with Crippen LogP contribution in [0.5, 0.6) is 0 Å². The summed E-state index contributed by atoms with van der Waals surface area (Å²) in [5.74, 6) is 2.32. The highest BCUT2D eigenvalue weighted by Gasteiger charge is 2.29. The standard InChI is InChI=1S/C34H50N2/c1-4-7-8-9-11-16-28-19-21-29(22-20-28)27-35-36-34(32-17-12-10-13-18-32)33-25-23-31(24-26-33)30(14-5-2)15-6-3/h10,12-13,17-22,27,30-31,33H,4-9,11,14-16,23-26H2,1-3H3/t31-,33-. The van der Waals surface area contributed by atoms with Gasteiger partial charge in [-0.05, 0) is 67.1 Å². The first-order chi connectivity index (χ1) is 17.7. The second-order valence-electron chi connectivity index (χ2n) is 11.0. The lowest BCUT2D eigenvalue weighted by molar-refractivity contribution is 0.206. The van der Waals surface area contributed by atoms with Crippen LogP contribution in [0.1, 0.15) is 121 Å². The molecule has 0 saturated heterocycles. The van der Waals surface area contributed by atoms with Crippen molar-refractivity contribution in [2.24, 2.45) is 28.0 Å². The minimum Gasteiger partial charge on any atom is -0.158 e. The van der Waals surface area contributed by atoms with Crippen molar-refractivity contribution in [3.8, 4) is 0 Å². The van der Waals surface area contributed by atoms with Crippen LogP contribution in [0.3, 0.4) is 0 Å². The van der Waals surface area contributed by atoms with Crippen molar-refractivity contribution < 1.29 is 0 Å². The molecule has 2 aromatic rings. The molecule has 0 unspecified atom stereocenters. The summed E-state index contributed by atoms with van der Waals surface area (Å²) in [7, 11) is 0. The Kier molecular flexibility index (Phi) is 13.0. The molecule has 0 amide bonds. The molecule has 196 valence electrons. The van der Waals surface area contributed by atoms with Crippen LogP contribution >= 0.6 is 0 Å². The number of hydrogen-bond acceptors (Lipinski definition) is 2. The van der Waals surface area contributed by atoms with Crippen LogP contribution < -0.4 is 0 Å². The Balaban J connectivity index is 1.62. The Hall–Kier alpha value is -2.22. The van der Waals surface area contributed by atoms with Gasteiger partial charge in [0, 0.05) is 5.92 Å². The van der Waals surface area contributed by atoms with Gasteiger partial charge in [0.05, 0.1) is 11.9 Å². The zero-order valence-corrected chi connectivity index (χ0v) is 23.3. The van der Waals surface area contributed by atoms with Gasteiger partial charge in [-0.25, -0.2) is 0 Å². The van der Waals surface area contributed by atoms with Gasteiger partial charge >= 0.3 is 0 Å². The average molecular weight is 487 g/mol. The Bertz CT molecular complexity index is 883. The highest BCUT2D eigenvalue weighted by molar-refractivity contribution is 6.02. The van der Waals surface area contributed by atoms with Gasteiger partial charge in [-0.15, -0.1) is 0 Å². The van der Waals surface area contributed by atoms with Gasteiger partial charge in [-0.3, -0.25) is 0 Å². The van der Waals surface area contributed by atoms with Crippen molar-refractivity contribution >= 4 is 11.9 Å². The first-order valence-corrected chi connectivity index (χ1v) is 15.0. The molecule has 1 aliphatic carbocycles. The molecule has 0 aliphatic heterocycles. The van der Waals surface area contributed by atoms with E-state index in [0.29, 0.717) is 5.92 Å². The lowest BCUT2D eigenvalue weighted by Crippen LogP contribution is -2.26. The summed E-state index contributed by atoms with van der Waals surface area (Å²) in [6.45, 7) is 6.96. The van der Waals surface area contributed by atoms with Crippen LogP contribution in [0.25, 0.3) is 0 Å². The lowest BCUT2D eigenvalue weighted by Gasteiger charge is -2.34. The van der Waals surface area contributed by atoms with Gasteiger partial charge in [0.2, 0.25) is 0 Å². The van der Waals surface area contributed by atoms with Crippen molar-refractivity contribution in [2.75, 3.05) is 0 Å². The minimum absolute atomic E-state index is 0.514. The topological polar surface area (TPSA) is 24.7 Å². The summed E-state index contributed by atoms with van der Waals surface area (Å²) in [4.78, 5) is 0. The van der Waals surface area contributed by atoms with Gasteiger partial charge in [0.1, 0.15) is 0 Å². The fraction of sp³-hybridized carbons (Fsp3) is 0.588. The maximum atomic E-state index is 4.84. The summed E-state index contributed by atoms with van der Waals surface area (Å²) < 4.78 is 0. The van der Waals surface area contributed by atoms with E-state index in [2.05, 4.69) is 80.5 Å². The molecule has 3 rings (SSSR count). The van der Waals surface area contributed by atoms with Crippen LogP contribution in [0, 0.1) is 17.8 Å². The number of aryl methyl sites for hydroxylation is 1. The van der Waals surface area contributed by atoms with Crippen LogP contribution in [0.2, 0.25) is 0 Å². The maximum Gasteiger partial charge on any atom is 0.0733 e. The van der Waals surface area contributed by atoms with Gasteiger partial charge in [0.25, 0.3) is 0 Å². The number of nitrogens with zero attached hydrogens (tertiary/aromatic N) is 2. The molecule has 1 aliphatic rings. The van der Waals surface area contributed by atoms with Crippen LogP contribution in [0.4, 0.5) is 0 Å². The number of hydrogen-bond donors (Lipinski definition) is 0. The quantitative estimate of drug-likeness (QED) is 0.136. The van der Waals surface area contributed by atoms with E-state index in [1.54, 1.807) is 0 Å². The minimum atomic E-state index is 0.514. The van der Waals surface area contributed by atoms with Crippen molar-refractivity contribution in [2.45, 2.75) is 111 Å². The van der Waals surface area contributed by atoms with Crippen LogP contribution in [0.15, 0.2) is 64.8 Å². The molecule has 2 nitrogen and oxygen atoms in total. The van der Waals surface area contributed by atoms with Crippen molar-refractivity contribution in [3.05, 3.63) is 71.3 Å². The molecule has 0 heterocycles. The molecule has 2 aromatic carbocycles. The summed E-state index contributed by atoms with van der Waals surface area (Å²) in [6, 6.07) is 19.6. The van der Waals surface area contributed by atoms with E-state index in [-0.39, 0.29) is 0 Å². The van der Waals surface area contributed by atoms with Crippen molar-refractivity contribution in [3.63, 3.8) is 0 Å². The smallest absolute Gasteiger partial charge is 0.0733 e. The molecule has 0 bridgehead atoms. The molecule has 0 aromatic heterocycles. The number of benzene rings is 2. The molecule has 0 spiro atoms. The highest BCUT2D eigenvalue weighted by Crippen LogP contribution is 2.38. The summed E-state index contributed by atoms with van der Waals surface area (Å²) >= 11 is 0. The van der Waals surface area contributed by atoms with Gasteiger partial charge in [-0.1, -0.05) is 127 Å². The van der Waals surface area contributed by atoms with E-state index in [9.17, 15) is 0 Å². The molecular formula is C34H50N2. The Morgan fingerprint density at radius 2 is 1.44 bits per heavy atom. The molecule has 1 fully saturated rings. The predicted octanol–water partition coefficient (Wildman–Crippen LogP) is 10.0. The normalized spacial score (nSPS) is 18.8. The van der Waals surface area contributed by atoms with Crippen molar-refractivity contribution in [1.29, 1.82) is 0 Å². The monoisotopic (exact) mass is 486 g/mol. The van der Waals surface area contributed by atoms with Crippen molar-refractivity contribution in [1.82, 2.24) is 0 Å². The third kappa shape index (κ3) is 9.34. The largest absolute Gasteiger partial charge is 0.158 e. The number of rotatable bonds is 15. The fourth-order valence-corrected chi connectivity index (χ4v) is 6.07. The third-order valence-corrected chi connectivity index (χ3v) is 8.13. The summed E-state index contributed by atoms with van der Waals surface area (Å²) in [6.07, 6.45) is 20.3. The van der Waals surface area contributed by atoms with E-state index >= 15 is 0 Å². The first-order valence-electron chi connectivity index (χ1n) is 15.0. The molecule has 0 atom stereocenters. The van der Waals surface area contributed by atoms with E-state index < -0.39 is 0 Å². The SMILES string of the molecule is CCCCCCCc1ccc(C=NN=C(c2ccccc2)[C@H]2CC[C@H](C(CCC)CCC)CC2)cc1. The number of unbranched alkanes of at least 4 members (excludes halogenated alkanes) is 4. The van der Waals surface area contributed by atoms with E-state index in [1.807, 2.05) is 6.21 Å². The second kappa shape index (κ2) is 16.5. The van der Waals surface area contributed by atoms with E-state index in [4.69, 9.17) is 5.10 Å². The molecular weight excluding hydrogens is 436 g/mol. The fourth-order valence-electron chi connectivity index (χ4n) is 6.07. The lowest BCUT2D eigenvalue weighted by atomic mass is 9.71. The molecule has 0 radical (unpaired) electrons. The molecule has 2 heteroatoms. The van der Waals surface area contributed by atoms with Gasteiger partial charge in [-0.2, -0.15) is 10.2 Å². The maximum absolute atomic E-state index is 4.84. The average Bonchev–Trinajstić information content (AvgIpc) is 2.92. The second-order valence-corrected chi connectivity index (χ2v) is 11.0. The Morgan fingerprint density at radius 1 is 0.778 bits per heavy atom. The first kappa shape index (κ1) is 28.4. The zero-order chi connectivity index (χ0) is 25.4. The van der Waals surface area contributed by atoms with Crippen LogP contribution in [-0.2, 0) is 6.42 Å². The summed E-state index contributed by atoms with van der Waals surface area (Å²) in [5, 5.41) is 9.44. The Labute approximate surface area is 221 Å². The van der Waals surface area contributed by atoms with Gasteiger partial charge in [0.15, 0.2) is 0 Å². The highest BCUT2D eigenvalue weighted by atomic mass is 15.2. The predicted molar refractivity (Wildman–Crippen MR) is 158 cm³/mol. The molecule has 36 heavy (non-hydrogen) atoms. The Morgan fingerprint density at radius 3 is 2.08 bits per heavy atom. The third-order valence-electron chi connectivity index (χ3n) is 8.13. The van der Waals surface area contributed by atoms with Gasteiger partial charge < -0.3 is 0 Å². The molecule has 1 saturated carbocycles. The summed E-state index contributed by atoms with van der Waals surface area (Å²) in [5.41, 5.74) is 4.97. The molecule has 0 N–H and O–H groups in total. The van der Waals surface area contributed by atoms with E-state index in [1.165, 1.54) is 107 Å². The van der Waals surface area contributed by atoms with E-state index in [0.717, 1.165) is 17.4 Å². The zero-order valence-electron chi connectivity index (χ0n) is 23.3.